The van der Waals surface area contributed by atoms with Crippen LogP contribution in [0.25, 0.3) is 0 Å². The number of anilines is 1. The molecule has 0 heterocycles. The van der Waals surface area contributed by atoms with Crippen LogP contribution in [0.15, 0.2) is 24.3 Å². The minimum absolute atomic E-state index is 0.0942. The molecule has 19 heavy (non-hydrogen) atoms. The summed E-state index contributed by atoms with van der Waals surface area (Å²) in [6, 6.07) is 8.94. The second-order valence-electron chi connectivity index (χ2n) is 7.01. The van der Waals surface area contributed by atoms with Gasteiger partial charge in [-0.1, -0.05) is 39.0 Å². The number of hydrogen-bond donors (Lipinski definition) is 1. The molecule has 1 aromatic rings. The van der Waals surface area contributed by atoms with Crippen LogP contribution in [0.2, 0.25) is 0 Å². The number of rotatable bonds is 5. The molecule has 1 atom stereocenters. The summed E-state index contributed by atoms with van der Waals surface area (Å²) < 4.78 is 5.50. The van der Waals surface area contributed by atoms with Gasteiger partial charge in [-0.05, 0) is 44.2 Å². The third kappa shape index (κ3) is 4.87. The van der Waals surface area contributed by atoms with E-state index in [-0.39, 0.29) is 11.0 Å². The van der Waals surface area contributed by atoms with Gasteiger partial charge in [-0.2, -0.15) is 0 Å². The highest BCUT2D eigenvalue weighted by Gasteiger charge is 2.22. The third-order valence-electron chi connectivity index (χ3n) is 3.49. The molecule has 0 aromatic heterocycles. The van der Waals surface area contributed by atoms with E-state index in [1.165, 1.54) is 11.3 Å². The van der Waals surface area contributed by atoms with E-state index in [2.05, 4.69) is 71.1 Å². The van der Waals surface area contributed by atoms with Gasteiger partial charge in [-0.3, -0.25) is 0 Å². The van der Waals surface area contributed by atoms with Gasteiger partial charge in [-0.25, -0.2) is 0 Å². The summed E-state index contributed by atoms with van der Waals surface area (Å²) >= 11 is 0. The number of hydrogen-bond acceptors (Lipinski definition) is 2. The number of methoxy groups -OCH3 is 1. The molecule has 0 fully saturated rings. The van der Waals surface area contributed by atoms with Crippen LogP contribution in [-0.4, -0.2) is 18.8 Å². The molecule has 0 amide bonds. The van der Waals surface area contributed by atoms with Crippen molar-refractivity contribution < 1.29 is 4.74 Å². The Balaban J connectivity index is 2.83. The molecule has 108 valence electrons. The van der Waals surface area contributed by atoms with Crippen LogP contribution in [0.1, 0.15) is 53.5 Å². The summed E-state index contributed by atoms with van der Waals surface area (Å²) in [6.45, 7) is 13.2. The van der Waals surface area contributed by atoms with Crippen LogP contribution in [0, 0.1) is 0 Å². The Morgan fingerprint density at radius 1 is 1.11 bits per heavy atom. The first-order valence-electron chi connectivity index (χ1n) is 7.07. The Morgan fingerprint density at radius 3 is 2.21 bits per heavy atom. The molecule has 2 heteroatoms. The molecule has 1 rings (SSSR count). The highest BCUT2D eigenvalue weighted by molar-refractivity contribution is 5.54. The van der Waals surface area contributed by atoms with E-state index in [0.717, 1.165) is 6.42 Å². The largest absolute Gasteiger partial charge is 0.382 e. The van der Waals surface area contributed by atoms with E-state index < -0.39 is 0 Å². The van der Waals surface area contributed by atoms with Gasteiger partial charge in [0.2, 0.25) is 0 Å². The molecule has 0 bridgehead atoms. The van der Waals surface area contributed by atoms with E-state index in [4.69, 9.17) is 4.74 Å². The minimum atomic E-state index is -0.0942. The molecule has 0 saturated carbocycles. The third-order valence-corrected chi connectivity index (χ3v) is 3.49. The van der Waals surface area contributed by atoms with Crippen LogP contribution < -0.4 is 5.32 Å². The van der Waals surface area contributed by atoms with E-state index in [9.17, 15) is 0 Å². The lowest BCUT2D eigenvalue weighted by atomic mass is 9.85. The van der Waals surface area contributed by atoms with Gasteiger partial charge in [-0.15, -0.1) is 0 Å². The van der Waals surface area contributed by atoms with Crippen LogP contribution >= 0.6 is 0 Å². The maximum absolute atomic E-state index is 5.50. The zero-order valence-corrected chi connectivity index (χ0v) is 13.5. The number of ether oxygens (including phenoxy) is 1. The fourth-order valence-corrected chi connectivity index (χ4v) is 2.40. The van der Waals surface area contributed by atoms with Crippen molar-refractivity contribution in [3.8, 4) is 0 Å². The van der Waals surface area contributed by atoms with Gasteiger partial charge in [0.1, 0.15) is 0 Å². The molecule has 0 spiro atoms. The van der Waals surface area contributed by atoms with E-state index >= 15 is 0 Å². The lowest BCUT2D eigenvalue weighted by Gasteiger charge is -2.30. The predicted molar refractivity (Wildman–Crippen MR) is 83.9 cm³/mol. The lowest BCUT2D eigenvalue weighted by molar-refractivity contribution is 0.0128. The molecule has 0 saturated heterocycles. The number of nitrogens with one attached hydrogen (secondary N) is 1. The number of para-hydroxylation sites is 1. The van der Waals surface area contributed by atoms with Gasteiger partial charge in [0, 0.05) is 18.8 Å². The normalized spacial score (nSPS) is 14.3. The Morgan fingerprint density at radius 2 is 1.68 bits per heavy atom. The van der Waals surface area contributed by atoms with E-state index in [0.29, 0.717) is 6.04 Å². The van der Waals surface area contributed by atoms with Crippen molar-refractivity contribution in [3.63, 3.8) is 0 Å². The molecule has 2 nitrogen and oxygen atoms in total. The molecule has 1 aromatic carbocycles. The molecule has 0 aliphatic rings. The maximum atomic E-state index is 5.50. The van der Waals surface area contributed by atoms with Crippen LogP contribution in [0.4, 0.5) is 5.69 Å². The van der Waals surface area contributed by atoms with Crippen molar-refractivity contribution in [1.82, 2.24) is 0 Å². The smallest absolute Gasteiger partial charge is 0.0642 e. The van der Waals surface area contributed by atoms with Gasteiger partial charge < -0.3 is 10.1 Å². The van der Waals surface area contributed by atoms with Gasteiger partial charge in [0.15, 0.2) is 0 Å². The SMILES string of the molecule is COC(C)(C)CC(C)Nc1ccccc1C(C)(C)C. The number of benzene rings is 1. The fraction of sp³-hybridized carbons (Fsp3) is 0.647. The maximum Gasteiger partial charge on any atom is 0.0642 e. The van der Waals surface area contributed by atoms with Crippen molar-refractivity contribution in [1.29, 1.82) is 0 Å². The average molecular weight is 263 g/mol. The molecule has 0 aliphatic heterocycles. The van der Waals surface area contributed by atoms with Crippen molar-refractivity contribution in [3.05, 3.63) is 29.8 Å². The zero-order chi connectivity index (χ0) is 14.7. The summed E-state index contributed by atoms with van der Waals surface area (Å²) in [6.07, 6.45) is 0.974. The zero-order valence-electron chi connectivity index (χ0n) is 13.5. The van der Waals surface area contributed by atoms with Crippen LogP contribution in [-0.2, 0) is 10.2 Å². The Bertz CT molecular complexity index is 404. The standard InChI is InChI=1S/C17H29NO/c1-13(12-17(5,6)19-7)18-15-11-9-8-10-14(15)16(2,3)4/h8-11,13,18H,12H2,1-7H3. The predicted octanol–water partition coefficient (Wildman–Crippen LogP) is 4.60. The Hall–Kier alpha value is -1.02. The van der Waals surface area contributed by atoms with Gasteiger partial charge in [0.25, 0.3) is 0 Å². The van der Waals surface area contributed by atoms with Crippen LogP contribution in [0.5, 0.6) is 0 Å². The van der Waals surface area contributed by atoms with Gasteiger partial charge >= 0.3 is 0 Å². The Kier molecular flexibility index (Phi) is 5.03. The highest BCUT2D eigenvalue weighted by atomic mass is 16.5. The fourth-order valence-electron chi connectivity index (χ4n) is 2.40. The first-order chi connectivity index (χ1) is 8.65. The first kappa shape index (κ1) is 16.0. The summed E-state index contributed by atoms with van der Waals surface area (Å²) in [5, 5.41) is 3.63. The first-order valence-corrected chi connectivity index (χ1v) is 7.07. The molecular weight excluding hydrogens is 234 g/mol. The van der Waals surface area contributed by atoms with Crippen molar-refractivity contribution in [2.24, 2.45) is 0 Å². The molecule has 0 aliphatic carbocycles. The average Bonchev–Trinajstić information content (AvgIpc) is 2.27. The molecule has 1 unspecified atom stereocenters. The van der Waals surface area contributed by atoms with Crippen LogP contribution in [0.3, 0.4) is 0 Å². The lowest BCUT2D eigenvalue weighted by Crippen LogP contribution is -2.31. The monoisotopic (exact) mass is 263 g/mol. The highest BCUT2D eigenvalue weighted by Crippen LogP contribution is 2.30. The summed E-state index contributed by atoms with van der Waals surface area (Å²) in [5.41, 5.74) is 2.65. The molecular formula is C17H29NO. The molecule has 1 N–H and O–H groups in total. The second kappa shape index (κ2) is 5.96. The van der Waals surface area contributed by atoms with Crippen molar-refractivity contribution in [2.75, 3.05) is 12.4 Å². The second-order valence-corrected chi connectivity index (χ2v) is 7.01. The minimum Gasteiger partial charge on any atom is -0.382 e. The van der Waals surface area contributed by atoms with Crippen molar-refractivity contribution in [2.45, 2.75) is 65.0 Å². The quantitative estimate of drug-likeness (QED) is 0.838. The van der Waals surface area contributed by atoms with E-state index in [1.54, 1.807) is 7.11 Å². The van der Waals surface area contributed by atoms with E-state index in [1.807, 2.05) is 0 Å². The Labute approximate surface area is 118 Å². The van der Waals surface area contributed by atoms with Gasteiger partial charge in [0.05, 0.1) is 5.60 Å². The molecule has 0 radical (unpaired) electrons. The summed E-state index contributed by atoms with van der Waals surface area (Å²) in [5.74, 6) is 0. The summed E-state index contributed by atoms with van der Waals surface area (Å²) in [7, 11) is 1.77. The summed E-state index contributed by atoms with van der Waals surface area (Å²) in [4.78, 5) is 0. The topological polar surface area (TPSA) is 21.3 Å². The van der Waals surface area contributed by atoms with Crippen molar-refractivity contribution >= 4 is 5.69 Å².